The van der Waals surface area contributed by atoms with Crippen LogP contribution in [0, 0.1) is 5.92 Å². The maximum absolute atomic E-state index is 14.3. The summed E-state index contributed by atoms with van der Waals surface area (Å²) in [5.74, 6) is -1.50. The number of aromatic nitrogens is 1. The van der Waals surface area contributed by atoms with Crippen LogP contribution in [0.4, 0.5) is 0 Å². The number of benzene rings is 1. The van der Waals surface area contributed by atoms with Gasteiger partial charge >= 0.3 is 0 Å². The van der Waals surface area contributed by atoms with Crippen LogP contribution in [0.3, 0.4) is 0 Å². The number of unbranched alkanes of at least 4 members (excludes halogenated alkanes) is 3. The molecular weight excluding hydrogens is 746 g/mol. The van der Waals surface area contributed by atoms with Crippen LogP contribution in [0.2, 0.25) is 0 Å². The van der Waals surface area contributed by atoms with E-state index < -0.39 is 36.0 Å². The molecule has 2 aromatic rings. The largest absolute Gasteiger partial charge is 0.417 e. The molecule has 4 rings (SSSR count). The van der Waals surface area contributed by atoms with Crippen LogP contribution in [0.5, 0.6) is 0 Å². The number of halogens is 2. The topological polar surface area (TPSA) is 130 Å². The monoisotopic (exact) mass is 793 g/mol. The van der Waals surface area contributed by atoms with Gasteiger partial charge in [-0.1, -0.05) is 62.4 Å². The molecule has 0 bridgehead atoms. The maximum Gasteiger partial charge on any atom is 0.255 e. The summed E-state index contributed by atoms with van der Waals surface area (Å²) in [6.07, 6.45) is 9.07. The standard InChI is InChI=1S/C35H49Br2N5O6/c1-5-22(3)31-35(47)40-18-12-11-15-29(40)32(44)38-27(14-10-8-7-9-13-25(43)6-2)34(46)42(37)30(33(45)39-31)19-23-21-41(48-4)28-17-16-24(36)20-26(23)28/h16-17,20-22,27,29-31H,5-15,18-19H2,1-4H3,(H,38,44)(H,39,45)/t22?,27?,29-,30+,31+/m1/s1. The number of amides is 4. The summed E-state index contributed by atoms with van der Waals surface area (Å²) >= 11 is 7.02. The molecule has 13 heteroatoms. The quantitative estimate of drug-likeness (QED) is 0.211. The van der Waals surface area contributed by atoms with Gasteiger partial charge in [0.25, 0.3) is 5.91 Å². The zero-order valence-corrected chi connectivity index (χ0v) is 31.6. The minimum absolute atomic E-state index is 0.117. The summed E-state index contributed by atoms with van der Waals surface area (Å²) in [6, 6.07) is 2.19. The highest BCUT2D eigenvalue weighted by Gasteiger charge is 2.42. The molecule has 11 nitrogen and oxygen atoms in total. The predicted octanol–water partition coefficient (Wildman–Crippen LogP) is 5.24. The number of nitrogens with one attached hydrogen (secondary N) is 2. The number of fused-ring (bicyclic) bond motifs is 2. The van der Waals surface area contributed by atoms with Crippen LogP contribution in [0.15, 0.2) is 28.9 Å². The first kappa shape index (κ1) is 37.9. The molecule has 264 valence electrons. The summed E-state index contributed by atoms with van der Waals surface area (Å²) in [5.41, 5.74) is 1.56. The van der Waals surface area contributed by atoms with Crippen molar-refractivity contribution in [3.05, 3.63) is 34.4 Å². The van der Waals surface area contributed by atoms with E-state index in [0.717, 1.165) is 53.0 Å². The first-order valence-electron chi connectivity index (χ1n) is 17.3. The fourth-order valence-corrected chi connectivity index (χ4v) is 7.58. The lowest BCUT2D eigenvalue weighted by Crippen LogP contribution is -2.63. The van der Waals surface area contributed by atoms with Gasteiger partial charge in [-0.05, 0) is 61.8 Å². The molecule has 1 aromatic heterocycles. The van der Waals surface area contributed by atoms with Gasteiger partial charge in [-0.15, -0.1) is 0 Å². The molecule has 2 aliphatic rings. The molecule has 2 unspecified atom stereocenters. The second-order valence-corrected chi connectivity index (χ2v) is 14.7. The number of piperidine rings is 1. The number of Topliss-reactive ketones (excluding diaryl/α,β-unsaturated/α-hetero) is 1. The van der Waals surface area contributed by atoms with Gasteiger partial charge in [0.15, 0.2) is 0 Å². The third-order valence-electron chi connectivity index (χ3n) is 9.78. The number of ketones is 1. The second-order valence-electron chi connectivity index (χ2n) is 13.0. The predicted molar refractivity (Wildman–Crippen MR) is 191 cm³/mol. The van der Waals surface area contributed by atoms with Crippen molar-refractivity contribution in [2.45, 2.75) is 122 Å². The number of carbonyl (C=O) groups is 5. The van der Waals surface area contributed by atoms with E-state index in [-0.39, 0.29) is 29.9 Å². The molecule has 2 saturated heterocycles. The van der Waals surface area contributed by atoms with Crippen molar-refractivity contribution in [1.29, 1.82) is 0 Å². The van der Waals surface area contributed by atoms with E-state index in [1.54, 1.807) is 22.9 Å². The average Bonchev–Trinajstić information content (AvgIpc) is 3.44. The first-order chi connectivity index (χ1) is 23.0. The van der Waals surface area contributed by atoms with E-state index in [1.165, 1.54) is 3.93 Å². The van der Waals surface area contributed by atoms with Gasteiger partial charge in [0.2, 0.25) is 17.7 Å². The lowest BCUT2D eigenvalue weighted by molar-refractivity contribution is -0.149. The molecule has 3 heterocycles. The van der Waals surface area contributed by atoms with E-state index in [1.807, 2.05) is 39.0 Å². The summed E-state index contributed by atoms with van der Waals surface area (Å²) in [6.45, 7) is 6.15. The molecule has 5 atom stereocenters. The number of rotatable bonds is 13. The van der Waals surface area contributed by atoms with Gasteiger partial charge in [-0.3, -0.25) is 27.9 Å². The average molecular weight is 796 g/mol. The van der Waals surface area contributed by atoms with Crippen LogP contribution in [-0.2, 0) is 30.4 Å². The number of carbonyl (C=O) groups excluding carboxylic acids is 5. The van der Waals surface area contributed by atoms with Crippen molar-refractivity contribution in [1.82, 2.24) is 24.2 Å². The van der Waals surface area contributed by atoms with Crippen molar-refractivity contribution in [2.24, 2.45) is 5.92 Å². The molecule has 0 spiro atoms. The Labute approximate surface area is 300 Å². The zero-order valence-electron chi connectivity index (χ0n) is 28.4. The number of hydrogen-bond donors (Lipinski definition) is 2. The van der Waals surface area contributed by atoms with Crippen molar-refractivity contribution in [2.75, 3.05) is 13.7 Å². The van der Waals surface area contributed by atoms with E-state index in [4.69, 9.17) is 4.84 Å². The van der Waals surface area contributed by atoms with E-state index >= 15 is 0 Å². The van der Waals surface area contributed by atoms with E-state index in [0.29, 0.717) is 45.1 Å². The molecule has 2 aliphatic heterocycles. The van der Waals surface area contributed by atoms with Gasteiger partial charge < -0.3 is 20.4 Å². The third-order valence-corrected chi connectivity index (χ3v) is 11.1. The van der Waals surface area contributed by atoms with Crippen molar-refractivity contribution in [3.8, 4) is 0 Å². The summed E-state index contributed by atoms with van der Waals surface area (Å²) in [5, 5.41) is 6.85. The highest BCUT2D eigenvalue weighted by Crippen LogP contribution is 2.29. The van der Waals surface area contributed by atoms with Crippen LogP contribution in [0.1, 0.15) is 97.0 Å². The van der Waals surface area contributed by atoms with E-state index in [9.17, 15) is 24.0 Å². The third kappa shape index (κ3) is 8.99. The number of hydrogen-bond acceptors (Lipinski definition) is 6. The van der Waals surface area contributed by atoms with E-state index in [2.05, 4.69) is 42.7 Å². The minimum atomic E-state index is -1.05. The van der Waals surface area contributed by atoms with Crippen molar-refractivity contribution >= 4 is 72.4 Å². The summed E-state index contributed by atoms with van der Waals surface area (Å²) in [4.78, 5) is 75.6. The Morgan fingerprint density at radius 1 is 1.02 bits per heavy atom. The van der Waals surface area contributed by atoms with Gasteiger partial charge in [-0.2, -0.15) is 4.73 Å². The Bertz CT molecular complexity index is 1480. The Balaban J connectivity index is 1.70. The smallest absolute Gasteiger partial charge is 0.255 e. The lowest BCUT2D eigenvalue weighted by Gasteiger charge is -2.40. The molecule has 2 N–H and O–H groups in total. The van der Waals surface area contributed by atoms with Crippen LogP contribution in [0.25, 0.3) is 10.9 Å². The summed E-state index contributed by atoms with van der Waals surface area (Å²) < 4.78 is 3.71. The molecule has 2 fully saturated rings. The molecule has 0 radical (unpaired) electrons. The molecule has 0 saturated carbocycles. The Hall–Kier alpha value is -2.93. The molecule has 0 aliphatic carbocycles. The fourth-order valence-electron chi connectivity index (χ4n) is 6.64. The van der Waals surface area contributed by atoms with Gasteiger partial charge in [0.1, 0.15) is 37.1 Å². The zero-order chi connectivity index (χ0) is 35.0. The normalized spacial score (nSPS) is 23.2. The highest BCUT2D eigenvalue weighted by molar-refractivity contribution is 9.10. The van der Waals surface area contributed by atoms with Crippen molar-refractivity contribution in [3.63, 3.8) is 0 Å². The van der Waals surface area contributed by atoms with Gasteiger partial charge in [0.05, 0.1) is 21.7 Å². The SMILES string of the molecule is CCC(=O)CCCCCCC1NC(=O)[C@H]2CCCCN2C(=O)[C@H](C(C)CC)NC(=O)[C@H](Cc2cn(OC)c3ccc(Br)cc23)N(Br)C1=O. The highest BCUT2D eigenvalue weighted by atomic mass is 79.9. The molecule has 48 heavy (non-hydrogen) atoms. The minimum Gasteiger partial charge on any atom is -0.417 e. The Morgan fingerprint density at radius 2 is 1.77 bits per heavy atom. The fraction of sp³-hybridized carbons (Fsp3) is 0.629. The molecular formula is C35H49Br2N5O6. The van der Waals surface area contributed by atoms with Crippen LogP contribution < -0.4 is 15.5 Å². The van der Waals surface area contributed by atoms with Crippen LogP contribution >= 0.6 is 32.1 Å². The van der Waals surface area contributed by atoms with Gasteiger partial charge in [-0.25, -0.2) is 0 Å². The Kier molecular flexibility index (Phi) is 13.9. The summed E-state index contributed by atoms with van der Waals surface area (Å²) in [7, 11) is 1.55. The second kappa shape index (κ2) is 17.6. The lowest BCUT2D eigenvalue weighted by atomic mass is 9.93. The van der Waals surface area contributed by atoms with Gasteiger partial charge in [0, 0.05) is 41.9 Å². The number of nitrogens with zero attached hydrogens (tertiary/aromatic N) is 3. The van der Waals surface area contributed by atoms with Crippen molar-refractivity contribution < 1.29 is 28.8 Å². The first-order valence-corrected chi connectivity index (χ1v) is 18.8. The Morgan fingerprint density at radius 3 is 2.48 bits per heavy atom. The van der Waals surface area contributed by atoms with Crippen LogP contribution in [-0.4, -0.2) is 80.8 Å². The maximum atomic E-state index is 14.3. The molecule has 1 aromatic carbocycles. The molecule has 4 amide bonds.